The second kappa shape index (κ2) is 7.17. The van der Waals surface area contributed by atoms with Gasteiger partial charge in [0.2, 0.25) is 0 Å². The average molecular weight is 372 g/mol. The highest BCUT2D eigenvalue weighted by Gasteiger charge is 2.15. The Labute approximate surface area is 161 Å². The van der Waals surface area contributed by atoms with Gasteiger partial charge in [-0.3, -0.25) is 5.41 Å². The van der Waals surface area contributed by atoms with Crippen molar-refractivity contribution in [3.63, 3.8) is 0 Å². The molecule has 6 N–H and O–H groups in total. The topological polar surface area (TPSA) is 119 Å². The van der Waals surface area contributed by atoms with Crippen LogP contribution >= 0.6 is 0 Å². The predicted octanol–water partition coefficient (Wildman–Crippen LogP) is 3.47. The number of benzene rings is 3. The largest absolute Gasteiger partial charge is 0.508 e. The normalized spacial score (nSPS) is 11.0. The van der Waals surface area contributed by atoms with Crippen LogP contribution in [-0.4, -0.2) is 32.5 Å². The van der Waals surface area contributed by atoms with Gasteiger partial charge in [0, 0.05) is 17.9 Å². The number of hydrogen-bond acceptors (Lipinski definition) is 5. The third-order valence-electron chi connectivity index (χ3n) is 4.73. The van der Waals surface area contributed by atoms with Gasteiger partial charge in [-0.1, -0.05) is 30.3 Å². The summed E-state index contributed by atoms with van der Waals surface area (Å²) in [6.07, 6.45) is 0.431. The lowest BCUT2D eigenvalue weighted by Gasteiger charge is -2.12. The average Bonchev–Trinajstić information content (AvgIpc) is 3.12. The third-order valence-corrected chi connectivity index (χ3v) is 4.73. The van der Waals surface area contributed by atoms with Crippen LogP contribution < -0.4 is 5.73 Å². The smallest absolute Gasteiger partial charge is 0.157 e. The lowest BCUT2D eigenvalue weighted by atomic mass is 9.95. The number of rotatable bonds is 5. The fourth-order valence-electron chi connectivity index (χ4n) is 3.35. The molecule has 3 aromatic carbocycles. The minimum Gasteiger partial charge on any atom is -0.508 e. The second-order valence-corrected chi connectivity index (χ2v) is 6.59. The van der Waals surface area contributed by atoms with Crippen molar-refractivity contribution < 1.29 is 10.2 Å². The zero-order chi connectivity index (χ0) is 19.7. The molecule has 6 heteroatoms. The summed E-state index contributed by atoms with van der Waals surface area (Å²) in [7, 11) is 0. The van der Waals surface area contributed by atoms with E-state index in [0.29, 0.717) is 23.5 Å². The monoisotopic (exact) mass is 372 g/mol. The second-order valence-electron chi connectivity index (χ2n) is 6.59. The lowest BCUT2D eigenvalue weighted by Crippen LogP contribution is -2.07. The molecule has 0 fully saturated rings. The number of phenols is 1. The molecule has 0 atom stereocenters. The van der Waals surface area contributed by atoms with Crippen LogP contribution in [0.15, 0.2) is 60.7 Å². The molecule has 28 heavy (non-hydrogen) atoms. The van der Waals surface area contributed by atoms with Gasteiger partial charge in [-0.2, -0.15) is 0 Å². The van der Waals surface area contributed by atoms with Crippen LogP contribution in [0.3, 0.4) is 0 Å². The number of aromatic amines is 1. The Bertz CT molecular complexity index is 1150. The fourth-order valence-corrected chi connectivity index (χ4v) is 3.35. The maximum atomic E-state index is 9.72. The summed E-state index contributed by atoms with van der Waals surface area (Å²) in [4.78, 5) is 7.62. The molecule has 0 amide bonds. The van der Waals surface area contributed by atoms with E-state index >= 15 is 0 Å². The maximum Gasteiger partial charge on any atom is 0.157 e. The highest BCUT2D eigenvalue weighted by molar-refractivity contribution is 6.13. The molecular formula is C22H20N4O2. The quantitative estimate of drug-likeness (QED) is 0.272. The molecule has 0 saturated heterocycles. The number of hydrogen-bond donors (Lipinski definition) is 5. The minimum atomic E-state index is -0.0132. The third kappa shape index (κ3) is 3.21. The number of aliphatic hydroxyl groups excluding tert-OH is 1. The summed E-state index contributed by atoms with van der Waals surface area (Å²) in [6, 6.07) is 18.2. The molecule has 0 radical (unpaired) electrons. The first-order valence-electron chi connectivity index (χ1n) is 8.93. The number of aromatic nitrogens is 2. The minimum absolute atomic E-state index is 0.0132. The van der Waals surface area contributed by atoms with Gasteiger partial charge >= 0.3 is 0 Å². The van der Waals surface area contributed by atoms with Gasteiger partial charge in [0.05, 0.1) is 11.0 Å². The SMILES string of the molecule is N=C(c1nc2ccccc2[nH]1)c1ccc(-c2ccc(O)cc2CCO)cc1N. The first-order valence-corrected chi connectivity index (χ1v) is 8.93. The van der Waals surface area contributed by atoms with Crippen LogP contribution in [0, 0.1) is 5.41 Å². The summed E-state index contributed by atoms with van der Waals surface area (Å²) >= 11 is 0. The molecule has 1 heterocycles. The van der Waals surface area contributed by atoms with Gasteiger partial charge in [0.25, 0.3) is 0 Å². The van der Waals surface area contributed by atoms with Crippen LogP contribution in [0.1, 0.15) is 17.0 Å². The van der Waals surface area contributed by atoms with Crippen LogP contribution in [-0.2, 0) is 6.42 Å². The van der Waals surface area contributed by atoms with Gasteiger partial charge in [-0.25, -0.2) is 4.98 Å². The van der Waals surface area contributed by atoms with Crippen molar-refractivity contribution in [1.82, 2.24) is 9.97 Å². The Hall–Kier alpha value is -3.64. The summed E-state index contributed by atoms with van der Waals surface area (Å²) < 4.78 is 0. The Kier molecular flexibility index (Phi) is 4.55. The molecule has 0 saturated carbocycles. The number of aromatic hydroxyl groups is 1. The zero-order valence-corrected chi connectivity index (χ0v) is 15.1. The van der Waals surface area contributed by atoms with Gasteiger partial charge in [-0.15, -0.1) is 0 Å². The summed E-state index contributed by atoms with van der Waals surface area (Å²) in [5, 5.41) is 27.5. The highest BCUT2D eigenvalue weighted by atomic mass is 16.3. The van der Waals surface area contributed by atoms with Crippen LogP contribution in [0.4, 0.5) is 5.69 Å². The highest BCUT2D eigenvalue weighted by Crippen LogP contribution is 2.30. The Morgan fingerprint density at radius 2 is 1.89 bits per heavy atom. The van der Waals surface area contributed by atoms with E-state index in [-0.39, 0.29) is 18.1 Å². The van der Waals surface area contributed by atoms with E-state index in [4.69, 9.17) is 11.1 Å². The van der Waals surface area contributed by atoms with Gasteiger partial charge in [0.15, 0.2) is 5.82 Å². The van der Waals surface area contributed by atoms with Crippen molar-refractivity contribution in [3.8, 4) is 16.9 Å². The predicted molar refractivity (Wildman–Crippen MR) is 111 cm³/mol. The number of fused-ring (bicyclic) bond motifs is 1. The molecular weight excluding hydrogens is 352 g/mol. The molecule has 140 valence electrons. The molecule has 1 aromatic heterocycles. The molecule has 4 aromatic rings. The summed E-state index contributed by atoms with van der Waals surface area (Å²) in [6.45, 7) is -0.0132. The van der Waals surface area contributed by atoms with Crippen molar-refractivity contribution in [2.24, 2.45) is 0 Å². The number of H-pyrrole nitrogens is 1. The molecule has 0 unspecified atom stereocenters. The maximum absolute atomic E-state index is 9.72. The van der Waals surface area contributed by atoms with Crippen molar-refractivity contribution in [1.29, 1.82) is 5.41 Å². The number of nitrogens with zero attached hydrogens (tertiary/aromatic N) is 1. The van der Waals surface area contributed by atoms with Crippen LogP contribution in [0.5, 0.6) is 5.75 Å². The Morgan fingerprint density at radius 1 is 1.07 bits per heavy atom. The lowest BCUT2D eigenvalue weighted by molar-refractivity contribution is 0.299. The van der Waals surface area contributed by atoms with E-state index in [1.165, 1.54) is 0 Å². The summed E-state index contributed by atoms with van der Waals surface area (Å²) in [5.74, 6) is 0.620. The number of nitrogens with one attached hydrogen (secondary N) is 2. The van der Waals surface area contributed by atoms with Crippen molar-refractivity contribution in [2.75, 3.05) is 12.3 Å². The van der Waals surface area contributed by atoms with E-state index in [0.717, 1.165) is 27.7 Å². The van der Waals surface area contributed by atoms with Gasteiger partial charge in [-0.05, 0) is 53.4 Å². The van der Waals surface area contributed by atoms with Gasteiger partial charge in [0.1, 0.15) is 11.5 Å². The number of imidazole rings is 1. The molecule has 0 aliphatic rings. The number of para-hydroxylation sites is 2. The van der Waals surface area contributed by atoms with Crippen molar-refractivity contribution in [3.05, 3.63) is 77.6 Å². The Morgan fingerprint density at radius 3 is 2.64 bits per heavy atom. The van der Waals surface area contributed by atoms with Gasteiger partial charge < -0.3 is 20.9 Å². The number of aliphatic hydroxyl groups is 1. The van der Waals surface area contributed by atoms with Crippen LogP contribution in [0.25, 0.3) is 22.2 Å². The first-order chi connectivity index (χ1) is 13.6. The first kappa shape index (κ1) is 17.8. The molecule has 0 bridgehead atoms. The van der Waals surface area contributed by atoms with E-state index in [1.807, 2.05) is 30.3 Å². The van der Waals surface area contributed by atoms with Crippen LogP contribution in [0.2, 0.25) is 0 Å². The van der Waals surface area contributed by atoms with Crippen molar-refractivity contribution >= 4 is 22.4 Å². The number of nitrogens with two attached hydrogens (primary N) is 1. The number of nitrogen functional groups attached to an aromatic ring is 1. The standard InChI is InChI=1S/C22H20N4O2/c23-18-12-13(16-8-6-15(28)11-14(16)9-10-27)5-7-17(18)21(24)22-25-19-3-1-2-4-20(19)26-22/h1-8,11-12,24,27-28H,9-10,23H2,(H,25,26). The van der Waals surface area contributed by atoms with E-state index in [1.54, 1.807) is 30.3 Å². The molecule has 0 aliphatic carbocycles. The van der Waals surface area contributed by atoms with E-state index < -0.39 is 0 Å². The summed E-state index contributed by atoms with van der Waals surface area (Å²) in [5.41, 5.74) is 11.8. The van der Waals surface area contributed by atoms with E-state index in [2.05, 4.69) is 9.97 Å². The molecule has 0 aliphatic heterocycles. The number of phenolic OH excluding ortho intramolecular Hbond substituents is 1. The fraction of sp³-hybridized carbons (Fsp3) is 0.0909. The molecule has 0 spiro atoms. The molecule has 6 nitrogen and oxygen atoms in total. The molecule has 4 rings (SSSR count). The Balaban J connectivity index is 1.71. The number of anilines is 1. The zero-order valence-electron chi connectivity index (χ0n) is 15.1. The van der Waals surface area contributed by atoms with E-state index in [9.17, 15) is 10.2 Å². The van der Waals surface area contributed by atoms with Crippen molar-refractivity contribution in [2.45, 2.75) is 6.42 Å².